The van der Waals surface area contributed by atoms with Crippen LogP contribution in [0.2, 0.25) is 0 Å². The van der Waals surface area contributed by atoms with Crippen LogP contribution < -0.4 is 9.47 Å². The Bertz CT molecular complexity index is 439. The minimum Gasteiger partial charge on any atom is -0.465 e. The summed E-state index contributed by atoms with van der Waals surface area (Å²) in [6.45, 7) is 3.74. The van der Waals surface area contributed by atoms with Gasteiger partial charge in [0.25, 0.3) is 0 Å². The van der Waals surface area contributed by atoms with E-state index in [1.54, 1.807) is 0 Å². The van der Waals surface area contributed by atoms with Crippen molar-refractivity contribution in [1.82, 2.24) is 0 Å². The molecule has 0 aliphatic heterocycles. The van der Waals surface area contributed by atoms with Crippen molar-refractivity contribution in [3.63, 3.8) is 0 Å². The molecule has 120 valence electrons. The summed E-state index contributed by atoms with van der Waals surface area (Å²) in [5, 5.41) is 18.2. The van der Waals surface area contributed by atoms with Gasteiger partial charge in [0.2, 0.25) is 0 Å². The van der Waals surface area contributed by atoms with Gasteiger partial charge >= 0.3 is 0 Å². The fourth-order valence-corrected chi connectivity index (χ4v) is 1.48. The van der Waals surface area contributed by atoms with Crippen molar-refractivity contribution in [2.45, 2.75) is 39.3 Å². The average Bonchev–Trinajstić information content (AvgIpc) is 2.57. The Morgan fingerprint density at radius 1 is 0.682 bits per heavy atom. The molecule has 0 saturated carbocycles. The van der Waals surface area contributed by atoms with Crippen molar-refractivity contribution < 1.29 is 19.7 Å². The Morgan fingerprint density at radius 2 is 1.00 bits per heavy atom. The lowest BCUT2D eigenvalue weighted by molar-refractivity contribution is -0.0196. The maximum Gasteiger partial charge on any atom is 0.197 e. The molecule has 4 nitrogen and oxygen atoms in total. The van der Waals surface area contributed by atoms with Crippen molar-refractivity contribution in [1.29, 1.82) is 0 Å². The van der Waals surface area contributed by atoms with E-state index in [0.29, 0.717) is 24.3 Å². The molecule has 2 aromatic rings. The molecule has 0 heterocycles. The maximum atomic E-state index is 9.09. The summed E-state index contributed by atoms with van der Waals surface area (Å²) < 4.78 is 10.2. The van der Waals surface area contributed by atoms with Gasteiger partial charge in [-0.2, -0.15) is 0 Å². The van der Waals surface area contributed by atoms with E-state index < -0.39 is 12.6 Å². The molecule has 2 rings (SSSR count). The summed E-state index contributed by atoms with van der Waals surface area (Å²) in [6, 6.07) is 18.6. The van der Waals surface area contributed by atoms with Crippen LogP contribution >= 0.6 is 0 Å². The molecule has 0 radical (unpaired) electrons. The molecule has 4 heteroatoms. The molecule has 2 unspecified atom stereocenters. The Labute approximate surface area is 131 Å². The normalized spacial score (nSPS) is 12.5. The quantitative estimate of drug-likeness (QED) is 0.801. The van der Waals surface area contributed by atoms with Gasteiger partial charge in [-0.05, 0) is 24.3 Å². The summed E-state index contributed by atoms with van der Waals surface area (Å²) in [6.07, 6.45) is -0.154. The third-order valence-corrected chi connectivity index (χ3v) is 2.73. The first-order valence-corrected chi connectivity index (χ1v) is 7.45. The van der Waals surface area contributed by atoms with E-state index in [1.807, 2.05) is 74.5 Å². The van der Waals surface area contributed by atoms with Crippen LogP contribution in [-0.4, -0.2) is 22.8 Å². The van der Waals surface area contributed by atoms with E-state index in [2.05, 4.69) is 0 Å². The van der Waals surface area contributed by atoms with Crippen LogP contribution in [0.5, 0.6) is 11.5 Å². The topological polar surface area (TPSA) is 58.9 Å². The van der Waals surface area contributed by atoms with Crippen molar-refractivity contribution in [2.75, 3.05) is 0 Å². The fraction of sp³-hybridized carbons (Fsp3) is 0.333. The number of ether oxygens (including phenoxy) is 2. The third-order valence-electron chi connectivity index (χ3n) is 2.73. The van der Waals surface area contributed by atoms with Gasteiger partial charge in [0.1, 0.15) is 11.5 Å². The molecule has 0 fully saturated rings. The van der Waals surface area contributed by atoms with Crippen LogP contribution in [-0.2, 0) is 0 Å². The first-order chi connectivity index (χ1) is 10.7. The van der Waals surface area contributed by atoms with Crippen molar-refractivity contribution in [3.8, 4) is 11.5 Å². The van der Waals surface area contributed by atoms with Crippen LogP contribution in [0, 0.1) is 0 Å². The van der Waals surface area contributed by atoms with Gasteiger partial charge < -0.3 is 19.7 Å². The predicted molar refractivity (Wildman–Crippen MR) is 86.7 cm³/mol. The lowest BCUT2D eigenvalue weighted by atomic mass is 10.3. The highest BCUT2D eigenvalue weighted by Crippen LogP contribution is 2.11. The zero-order valence-corrected chi connectivity index (χ0v) is 13.1. The molecular weight excluding hydrogens is 280 g/mol. The summed E-state index contributed by atoms with van der Waals surface area (Å²) in [7, 11) is 0. The molecule has 0 saturated heterocycles. The van der Waals surface area contributed by atoms with Crippen LogP contribution in [0.25, 0.3) is 0 Å². The van der Waals surface area contributed by atoms with E-state index in [1.165, 1.54) is 0 Å². The van der Waals surface area contributed by atoms with Crippen LogP contribution in [0.3, 0.4) is 0 Å². The highest BCUT2D eigenvalue weighted by molar-refractivity contribution is 5.21. The highest BCUT2D eigenvalue weighted by atomic mass is 16.6. The molecule has 2 N–H and O–H groups in total. The molecule has 2 aromatic carbocycles. The Balaban J connectivity index is 0.000000220. The highest BCUT2D eigenvalue weighted by Gasteiger charge is 2.00. The van der Waals surface area contributed by atoms with Crippen molar-refractivity contribution in [2.24, 2.45) is 0 Å². The smallest absolute Gasteiger partial charge is 0.197 e. The van der Waals surface area contributed by atoms with Gasteiger partial charge in [-0.1, -0.05) is 50.2 Å². The predicted octanol–water partition coefficient (Wildman–Crippen LogP) is 3.59. The second-order valence-electron chi connectivity index (χ2n) is 4.59. The van der Waals surface area contributed by atoms with Crippen molar-refractivity contribution in [3.05, 3.63) is 60.7 Å². The van der Waals surface area contributed by atoms with E-state index in [4.69, 9.17) is 19.7 Å². The largest absolute Gasteiger partial charge is 0.465 e. The second kappa shape index (κ2) is 10.7. The van der Waals surface area contributed by atoms with Gasteiger partial charge in [0.05, 0.1) is 0 Å². The summed E-state index contributed by atoms with van der Waals surface area (Å²) >= 11 is 0. The van der Waals surface area contributed by atoms with Gasteiger partial charge in [0, 0.05) is 12.8 Å². The fourth-order valence-electron chi connectivity index (χ4n) is 1.48. The lowest BCUT2D eigenvalue weighted by Crippen LogP contribution is -2.13. The van der Waals surface area contributed by atoms with Gasteiger partial charge in [-0.25, -0.2) is 0 Å². The molecule has 0 aliphatic rings. The molecule has 0 bridgehead atoms. The van der Waals surface area contributed by atoms with Gasteiger partial charge in [-0.3, -0.25) is 0 Å². The van der Waals surface area contributed by atoms with E-state index in [9.17, 15) is 0 Å². The molecule has 0 aromatic heterocycles. The Morgan fingerprint density at radius 3 is 1.27 bits per heavy atom. The Hall–Kier alpha value is -2.04. The maximum absolute atomic E-state index is 9.09. The van der Waals surface area contributed by atoms with Crippen LogP contribution in [0.1, 0.15) is 26.7 Å². The SMILES string of the molecule is CCC(O)Oc1ccccc1.CCC(O)Oc1ccccc1. The molecule has 0 aliphatic carbocycles. The second-order valence-corrected chi connectivity index (χ2v) is 4.59. The number of hydrogen-bond donors (Lipinski definition) is 2. The van der Waals surface area contributed by atoms with Crippen LogP contribution in [0.15, 0.2) is 60.7 Å². The number of aliphatic hydroxyl groups excluding tert-OH is 2. The summed E-state index contributed by atoms with van der Waals surface area (Å²) in [5.41, 5.74) is 0. The van der Waals surface area contributed by atoms with Crippen molar-refractivity contribution >= 4 is 0 Å². The summed E-state index contributed by atoms with van der Waals surface area (Å²) in [5.74, 6) is 1.42. The zero-order valence-electron chi connectivity index (χ0n) is 13.1. The number of rotatable bonds is 6. The minimum atomic E-state index is -0.683. The average molecular weight is 304 g/mol. The number of para-hydroxylation sites is 2. The molecule has 2 atom stereocenters. The molecule has 0 spiro atoms. The van der Waals surface area contributed by atoms with Gasteiger partial charge in [-0.15, -0.1) is 0 Å². The number of hydrogen-bond acceptors (Lipinski definition) is 4. The molecular formula is C18H24O4. The first kappa shape index (κ1) is 18.0. The standard InChI is InChI=1S/2C9H12O2/c2*1-2-9(10)11-8-6-4-3-5-7-8/h2*3-7,9-10H,2H2,1H3. The minimum absolute atomic E-state index is 0.606. The van der Waals surface area contributed by atoms with Gasteiger partial charge in [0.15, 0.2) is 12.6 Å². The summed E-state index contributed by atoms with van der Waals surface area (Å²) in [4.78, 5) is 0. The molecule has 0 amide bonds. The number of benzene rings is 2. The molecule has 22 heavy (non-hydrogen) atoms. The van der Waals surface area contributed by atoms with E-state index in [-0.39, 0.29) is 0 Å². The Kier molecular flexibility index (Phi) is 8.72. The monoisotopic (exact) mass is 304 g/mol. The first-order valence-electron chi connectivity index (χ1n) is 7.45. The lowest BCUT2D eigenvalue weighted by Gasteiger charge is -2.10. The zero-order chi connectivity index (χ0) is 16.2. The number of aliphatic hydroxyl groups is 2. The van der Waals surface area contributed by atoms with E-state index in [0.717, 1.165) is 0 Å². The van der Waals surface area contributed by atoms with E-state index >= 15 is 0 Å². The van der Waals surface area contributed by atoms with Crippen LogP contribution in [0.4, 0.5) is 0 Å². The third kappa shape index (κ3) is 7.67.